The first-order chi connectivity index (χ1) is 9.20. The number of hydrogen-bond acceptors (Lipinski definition) is 2. The van der Waals surface area contributed by atoms with Crippen LogP contribution in [0.4, 0.5) is 23.7 Å². The number of carbonyl (C=O) groups excluding carboxylic acids is 1. The second-order valence-electron chi connectivity index (χ2n) is 4.03. The third-order valence-corrected chi connectivity index (χ3v) is 2.51. The van der Waals surface area contributed by atoms with Gasteiger partial charge in [0, 0.05) is 12.2 Å². The lowest BCUT2D eigenvalue weighted by atomic mass is 10.1. The van der Waals surface area contributed by atoms with Crippen molar-refractivity contribution in [3.05, 3.63) is 29.3 Å². The zero-order valence-corrected chi connectivity index (χ0v) is 10.5. The third-order valence-electron chi connectivity index (χ3n) is 2.51. The van der Waals surface area contributed by atoms with Crippen LogP contribution in [0.2, 0.25) is 0 Å². The summed E-state index contributed by atoms with van der Waals surface area (Å²) in [5.41, 5.74) is 0.568. The van der Waals surface area contributed by atoms with Crippen LogP contribution in [0.25, 0.3) is 0 Å². The molecule has 3 N–H and O–H groups in total. The summed E-state index contributed by atoms with van der Waals surface area (Å²) in [6, 6.07) is 3.44. The smallest absolute Gasteiger partial charge is 0.390 e. The van der Waals surface area contributed by atoms with Crippen LogP contribution in [0.1, 0.15) is 22.3 Å². The molecule has 0 spiro atoms. The summed E-state index contributed by atoms with van der Waals surface area (Å²) in [6.07, 6.45) is -5.47. The molecule has 0 bridgehead atoms. The number of carbonyl (C=O) groups is 2. The minimum absolute atomic E-state index is 0.0121. The summed E-state index contributed by atoms with van der Waals surface area (Å²) in [4.78, 5) is 22.3. The highest BCUT2D eigenvalue weighted by atomic mass is 19.4. The van der Waals surface area contributed by atoms with E-state index in [0.717, 1.165) is 0 Å². The maximum Gasteiger partial charge on any atom is 0.390 e. The van der Waals surface area contributed by atoms with E-state index < -0.39 is 31.1 Å². The van der Waals surface area contributed by atoms with Gasteiger partial charge in [-0.2, -0.15) is 13.2 Å². The summed E-state index contributed by atoms with van der Waals surface area (Å²) < 4.78 is 35.7. The molecule has 0 aliphatic rings. The van der Waals surface area contributed by atoms with Gasteiger partial charge in [0.15, 0.2) is 0 Å². The van der Waals surface area contributed by atoms with E-state index in [9.17, 15) is 22.8 Å². The zero-order chi connectivity index (χ0) is 15.3. The highest BCUT2D eigenvalue weighted by Crippen LogP contribution is 2.19. The van der Waals surface area contributed by atoms with Gasteiger partial charge in [-0.1, -0.05) is 6.07 Å². The van der Waals surface area contributed by atoms with E-state index in [1.54, 1.807) is 0 Å². The molecule has 0 saturated heterocycles. The highest BCUT2D eigenvalue weighted by Gasteiger charge is 2.26. The number of anilines is 1. The Hall–Kier alpha value is -2.25. The van der Waals surface area contributed by atoms with E-state index in [2.05, 4.69) is 5.32 Å². The van der Waals surface area contributed by atoms with E-state index in [0.29, 0.717) is 5.56 Å². The third kappa shape index (κ3) is 4.79. The van der Waals surface area contributed by atoms with E-state index in [-0.39, 0.29) is 11.3 Å². The van der Waals surface area contributed by atoms with Gasteiger partial charge in [-0.05, 0) is 24.6 Å². The molecular formula is C12H13F3N2O3. The van der Waals surface area contributed by atoms with Crippen LogP contribution in [0.3, 0.4) is 0 Å². The van der Waals surface area contributed by atoms with Gasteiger partial charge in [-0.3, -0.25) is 0 Å². The molecule has 0 aromatic heterocycles. The summed E-state index contributed by atoms with van der Waals surface area (Å²) in [7, 11) is 0. The highest BCUT2D eigenvalue weighted by molar-refractivity contribution is 5.95. The van der Waals surface area contributed by atoms with E-state index in [1.807, 2.05) is 5.32 Å². The number of urea groups is 1. The van der Waals surface area contributed by atoms with Crippen LogP contribution in [-0.4, -0.2) is 29.8 Å². The molecule has 1 aromatic carbocycles. The van der Waals surface area contributed by atoms with E-state index in [1.165, 1.54) is 25.1 Å². The summed E-state index contributed by atoms with van der Waals surface area (Å²) in [5, 5.41) is 13.3. The fourth-order valence-electron chi connectivity index (χ4n) is 1.49. The number of benzene rings is 1. The standard InChI is InChI=1S/C12H13F3N2O3/c1-7-8(10(18)19)3-2-4-9(7)17-11(20)16-6-5-12(13,14)15/h2-4H,5-6H2,1H3,(H,18,19)(H2,16,17,20). The van der Waals surface area contributed by atoms with Crippen LogP contribution in [0.5, 0.6) is 0 Å². The molecule has 2 amide bonds. The van der Waals surface area contributed by atoms with Crippen LogP contribution < -0.4 is 10.6 Å². The Kier molecular flexibility index (Phi) is 4.95. The first-order valence-corrected chi connectivity index (χ1v) is 5.65. The zero-order valence-electron chi connectivity index (χ0n) is 10.5. The maximum atomic E-state index is 11.9. The largest absolute Gasteiger partial charge is 0.478 e. The lowest BCUT2D eigenvalue weighted by Gasteiger charge is -2.12. The van der Waals surface area contributed by atoms with Gasteiger partial charge in [0.2, 0.25) is 0 Å². The van der Waals surface area contributed by atoms with Crippen molar-refractivity contribution in [2.75, 3.05) is 11.9 Å². The number of carboxylic acid groups (broad SMARTS) is 1. The Morgan fingerprint density at radius 1 is 1.30 bits per heavy atom. The van der Waals surface area contributed by atoms with E-state index in [4.69, 9.17) is 5.11 Å². The molecule has 0 fully saturated rings. The molecule has 1 rings (SSSR count). The first-order valence-electron chi connectivity index (χ1n) is 5.65. The predicted molar refractivity (Wildman–Crippen MR) is 65.8 cm³/mol. The molecule has 20 heavy (non-hydrogen) atoms. The van der Waals surface area contributed by atoms with Crippen molar-refractivity contribution < 1.29 is 27.9 Å². The lowest BCUT2D eigenvalue weighted by Crippen LogP contribution is -2.32. The molecule has 0 atom stereocenters. The van der Waals surface area contributed by atoms with Crippen molar-refractivity contribution in [1.82, 2.24) is 5.32 Å². The molecule has 5 nitrogen and oxygen atoms in total. The number of rotatable bonds is 4. The number of amides is 2. The van der Waals surface area contributed by atoms with Gasteiger partial charge in [0.05, 0.1) is 12.0 Å². The predicted octanol–water partition coefficient (Wildman–Crippen LogP) is 2.77. The minimum Gasteiger partial charge on any atom is -0.478 e. The Labute approximate surface area is 112 Å². The fraction of sp³-hybridized carbons (Fsp3) is 0.333. The van der Waals surface area contributed by atoms with Crippen LogP contribution in [0.15, 0.2) is 18.2 Å². The van der Waals surface area contributed by atoms with Crippen LogP contribution in [-0.2, 0) is 0 Å². The Balaban J connectivity index is 2.63. The maximum absolute atomic E-state index is 11.9. The van der Waals surface area contributed by atoms with Gasteiger partial charge in [-0.25, -0.2) is 9.59 Å². The molecule has 0 unspecified atom stereocenters. The number of carboxylic acids is 1. The average Bonchev–Trinajstić information content (AvgIpc) is 2.29. The number of nitrogens with one attached hydrogen (secondary N) is 2. The first kappa shape index (κ1) is 15.8. The van der Waals surface area contributed by atoms with E-state index >= 15 is 0 Å². The monoisotopic (exact) mass is 290 g/mol. The molecule has 1 aromatic rings. The van der Waals surface area contributed by atoms with Gasteiger partial charge in [0.25, 0.3) is 0 Å². The fourth-order valence-corrected chi connectivity index (χ4v) is 1.49. The van der Waals surface area contributed by atoms with Gasteiger partial charge in [-0.15, -0.1) is 0 Å². The Morgan fingerprint density at radius 3 is 2.50 bits per heavy atom. The Morgan fingerprint density at radius 2 is 1.95 bits per heavy atom. The summed E-state index contributed by atoms with van der Waals surface area (Å²) in [6.45, 7) is 0.946. The molecule has 0 heterocycles. The Bertz CT molecular complexity index is 515. The number of alkyl halides is 3. The van der Waals surface area contributed by atoms with Crippen molar-refractivity contribution in [2.45, 2.75) is 19.5 Å². The van der Waals surface area contributed by atoms with Crippen molar-refractivity contribution in [1.29, 1.82) is 0 Å². The topological polar surface area (TPSA) is 78.4 Å². The van der Waals surface area contributed by atoms with Gasteiger partial charge >= 0.3 is 18.2 Å². The van der Waals surface area contributed by atoms with Crippen molar-refractivity contribution in [3.63, 3.8) is 0 Å². The van der Waals surface area contributed by atoms with Crippen LogP contribution in [0, 0.1) is 6.92 Å². The minimum atomic E-state index is -4.34. The number of hydrogen-bond donors (Lipinski definition) is 3. The second kappa shape index (κ2) is 6.27. The SMILES string of the molecule is Cc1c(NC(=O)NCCC(F)(F)F)cccc1C(=O)O. The average molecular weight is 290 g/mol. The molecule has 110 valence electrons. The quantitative estimate of drug-likeness (QED) is 0.797. The lowest BCUT2D eigenvalue weighted by molar-refractivity contribution is -0.132. The normalized spacial score (nSPS) is 11.0. The molecule has 0 aliphatic heterocycles. The summed E-state index contributed by atoms with van der Waals surface area (Å²) >= 11 is 0. The van der Waals surface area contributed by atoms with Crippen molar-refractivity contribution >= 4 is 17.7 Å². The van der Waals surface area contributed by atoms with Gasteiger partial charge in [0.1, 0.15) is 0 Å². The number of aromatic carboxylic acids is 1. The molecule has 0 saturated carbocycles. The van der Waals surface area contributed by atoms with Crippen LogP contribution >= 0.6 is 0 Å². The molecule has 8 heteroatoms. The molecule has 0 radical (unpaired) electrons. The number of halogens is 3. The molecule has 0 aliphatic carbocycles. The van der Waals surface area contributed by atoms with Gasteiger partial charge < -0.3 is 15.7 Å². The van der Waals surface area contributed by atoms with Crippen molar-refractivity contribution in [2.24, 2.45) is 0 Å². The summed E-state index contributed by atoms with van der Waals surface area (Å²) in [5.74, 6) is -1.15. The second-order valence-corrected chi connectivity index (χ2v) is 4.03. The van der Waals surface area contributed by atoms with Crippen molar-refractivity contribution in [3.8, 4) is 0 Å². The molecular weight excluding hydrogens is 277 g/mol.